The van der Waals surface area contributed by atoms with Crippen LogP contribution in [-0.2, 0) is 11.0 Å². The number of aromatic hydroxyl groups is 1. The van der Waals surface area contributed by atoms with E-state index in [9.17, 15) is 23.1 Å². The zero-order valence-electron chi connectivity index (χ0n) is 17.7. The van der Waals surface area contributed by atoms with E-state index in [-0.39, 0.29) is 17.0 Å². The number of alkyl halides is 3. The number of phenols is 1. The smallest absolute Gasteiger partial charge is 0.416 e. The van der Waals surface area contributed by atoms with Gasteiger partial charge in [0.05, 0.1) is 16.6 Å². The molecule has 10 heteroatoms. The minimum Gasteiger partial charge on any atom is -0.508 e. The molecule has 1 amide bonds. The van der Waals surface area contributed by atoms with E-state index in [1.165, 1.54) is 30.3 Å². The molecule has 1 unspecified atom stereocenters. The second kappa shape index (κ2) is 9.38. The summed E-state index contributed by atoms with van der Waals surface area (Å²) < 4.78 is 36.6. The number of hydrazone groups is 1. The van der Waals surface area contributed by atoms with Gasteiger partial charge in [0.2, 0.25) is 0 Å². The van der Waals surface area contributed by atoms with Crippen LogP contribution in [0.1, 0.15) is 43.2 Å². The number of amides is 1. The number of hydrogen-bond acceptors (Lipinski definition) is 5. The number of fused-ring (bicyclic) bond motifs is 1. The molecular weight excluding hydrogens is 453 g/mol. The molecule has 6 nitrogen and oxygen atoms in total. The minimum absolute atomic E-state index is 0.104. The summed E-state index contributed by atoms with van der Waals surface area (Å²) in [5.41, 5.74) is 4.78. The Morgan fingerprint density at radius 3 is 2.48 bits per heavy atom. The number of carbonyl (C=O) groups excluding carboxylic acids is 1. The first kappa shape index (κ1) is 23.0. The predicted molar refractivity (Wildman–Crippen MR) is 124 cm³/mol. The molecule has 2 aromatic carbocycles. The van der Waals surface area contributed by atoms with E-state index in [1.54, 1.807) is 36.5 Å². The van der Waals surface area contributed by atoms with Crippen molar-refractivity contribution in [2.24, 2.45) is 5.10 Å². The molecule has 4 N–H and O–H groups in total. The molecular formula is C23H23F3N4O2S. The fourth-order valence-corrected chi connectivity index (χ4v) is 4.25. The topological polar surface area (TPSA) is 89.5 Å². The van der Waals surface area contributed by atoms with Gasteiger partial charge in [0.1, 0.15) is 5.75 Å². The number of aromatic amines is 1. The third-order valence-electron chi connectivity index (χ3n) is 5.56. The molecule has 0 spiro atoms. The van der Waals surface area contributed by atoms with Crippen LogP contribution in [0.3, 0.4) is 0 Å². The Labute approximate surface area is 192 Å². The van der Waals surface area contributed by atoms with Crippen LogP contribution < -0.4 is 10.7 Å². The van der Waals surface area contributed by atoms with Gasteiger partial charge in [-0.25, -0.2) is 0 Å². The highest BCUT2D eigenvalue weighted by Crippen LogP contribution is 2.37. The zero-order valence-corrected chi connectivity index (χ0v) is 18.6. The Morgan fingerprint density at radius 1 is 1.18 bits per heavy atom. The van der Waals surface area contributed by atoms with Crippen molar-refractivity contribution in [2.75, 3.05) is 5.32 Å². The standard InChI is InChI=1S/C12H12N4O2S.C11H11F3/c1-6-15-16-12(19-6)11(18)14-10-5-13-9-3-2-7(17)4-8(9)10;12-11(13,14)10-6-4-9(5-7-10)8-2-1-3-8/h2-6,13,15,17H,1H3,(H,14,18);4-8H,1-3H2. The average Bonchev–Trinajstić information content (AvgIpc) is 3.33. The molecule has 2 heterocycles. The Kier molecular flexibility index (Phi) is 6.55. The lowest BCUT2D eigenvalue weighted by Gasteiger charge is -2.25. The molecule has 1 atom stereocenters. The van der Waals surface area contributed by atoms with Crippen LogP contribution in [0, 0.1) is 0 Å². The molecule has 2 aliphatic rings. The molecule has 1 aliphatic heterocycles. The number of benzene rings is 2. The number of phenolic OH excluding ortho intramolecular Hbond substituents is 1. The van der Waals surface area contributed by atoms with Crippen LogP contribution in [0.2, 0.25) is 0 Å². The molecule has 1 fully saturated rings. The molecule has 0 saturated heterocycles. The van der Waals surface area contributed by atoms with Crippen LogP contribution in [-0.4, -0.2) is 26.4 Å². The van der Waals surface area contributed by atoms with Crippen molar-refractivity contribution >= 4 is 39.3 Å². The predicted octanol–water partition coefficient (Wildman–Crippen LogP) is 5.78. The first-order valence-electron chi connectivity index (χ1n) is 10.5. The van der Waals surface area contributed by atoms with Gasteiger partial charge >= 0.3 is 6.18 Å². The summed E-state index contributed by atoms with van der Waals surface area (Å²) in [6.07, 6.45) is 0.916. The third kappa shape index (κ3) is 5.44. The van der Waals surface area contributed by atoms with E-state index in [1.807, 2.05) is 6.92 Å². The molecule has 174 valence electrons. The van der Waals surface area contributed by atoms with Crippen molar-refractivity contribution in [3.63, 3.8) is 0 Å². The Bertz CT molecular complexity index is 1170. The van der Waals surface area contributed by atoms with Crippen LogP contribution >= 0.6 is 11.8 Å². The summed E-state index contributed by atoms with van der Waals surface area (Å²) in [7, 11) is 0. The number of aromatic nitrogens is 1. The van der Waals surface area contributed by atoms with Gasteiger partial charge in [0, 0.05) is 17.1 Å². The molecule has 1 aliphatic carbocycles. The van der Waals surface area contributed by atoms with Gasteiger partial charge in [-0.15, -0.1) is 0 Å². The molecule has 1 aromatic heterocycles. The zero-order chi connectivity index (χ0) is 23.6. The van der Waals surface area contributed by atoms with Crippen LogP contribution in [0.15, 0.2) is 53.8 Å². The molecule has 33 heavy (non-hydrogen) atoms. The highest BCUT2D eigenvalue weighted by Gasteiger charge is 2.30. The summed E-state index contributed by atoms with van der Waals surface area (Å²) in [6, 6.07) is 10.5. The van der Waals surface area contributed by atoms with Crippen molar-refractivity contribution in [3.05, 3.63) is 59.8 Å². The van der Waals surface area contributed by atoms with Gasteiger partial charge in [-0.05, 0) is 61.6 Å². The van der Waals surface area contributed by atoms with Gasteiger partial charge < -0.3 is 15.4 Å². The number of thioether (sulfide) groups is 1. The fourth-order valence-electron chi connectivity index (χ4n) is 3.55. The summed E-state index contributed by atoms with van der Waals surface area (Å²) in [5.74, 6) is 0.397. The van der Waals surface area contributed by atoms with Crippen molar-refractivity contribution in [1.29, 1.82) is 0 Å². The second-order valence-corrected chi connectivity index (χ2v) is 9.27. The first-order valence-corrected chi connectivity index (χ1v) is 11.4. The largest absolute Gasteiger partial charge is 0.508 e. The number of nitrogens with zero attached hydrogens (tertiary/aromatic N) is 1. The number of carbonyl (C=O) groups is 1. The maximum Gasteiger partial charge on any atom is 0.416 e. The molecule has 0 radical (unpaired) electrons. The normalized spacial score (nSPS) is 18.1. The highest BCUT2D eigenvalue weighted by atomic mass is 32.2. The van der Waals surface area contributed by atoms with Gasteiger partial charge in [-0.3, -0.25) is 10.2 Å². The third-order valence-corrected chi connectivity index (χ3v) is 6.52. The van der Waals surface area contributed by atoms with Crippen molar-refractivity contribution < 1.29 is 23.1 Å². The Balaban J connectivity index is 0.000000165. The number of H-pyrrole nitrogens is 1. The SMILES string of the molecule is CC1NN=C(C(=O)Nc2c[nH]c3ccc(O)cc23)S1.FC(F)(F)c1ccc(C2CCC2)cc1. The Hall–Kier alpha value is -3.14. The maximum absolute atomic E-state index is 12.2. The van der Waals surface area contributed by atoms with Crippen molar-refractivity contribution in [3.8, 4) is 5.75 Å². The van der Waals surface area contributed by atoms with Gasteiger partial charge in [-0.1, -0.05) is 30.3 Å². The summed E-state index contributed by atoms with van der Waals surface area (Å²) in [4.78, 5) is 15.0. The van der Waals surface area contributed by atoms with Crippen LogP contribution in [0.5, 0.6) is 5.75 Å². The van der Waals surface area contributed by atoms with E-state index < -0.39 is 11.7 Å². The number of anilines is 1. The number of halogens is 3. The molecule has 0 bridgehead atoms. The maximum atomic E-state index is 12.2. The van der Waals surface area contributed by atoms with E-state index in [4.69, 9.17) is 0 Å². The van der Waals surface area contributed by atoms with E-state index >= 15 is 0 Å². The lowest BCUT2D eigenvalue weighted by molar-refractivity contribution is -0.137. The quantitative estimate of drug-likeness (QED) is 0.386. The Morgan fingerprint density at radius 2 is 1.91 bits per heavy atom. The summed E-state index contributed by atoms with van der Waals surface area (Å²) in [6.45, 7) is 1.93. The first-order chi connectivity index (χ1) is 15.7. The van der Waals surface area contributed by atoms with E-state index in [0.29, 0.717) is 16.6 Å². The van der Waals surface area contributed by atoms with E-state index in [0.717, 1.165) is 29.3 Å². The van der Waals surface area contributed by atoms with Crippen molar-refractivity contribution in [2.45, 2.75) is 43.7 Å². The van der Waals surface area contributed by atoms with Gasteiger partial charge in [-0.2, -0.15) is 18.3 Å². The number of nitrogens with one attached hydrogen (secondary N) is 3. The average molecular weight is 477 g/mol. The van der Waals surface area contributed by atoms with Gasteiger partial charge in [0.15, 0.2) is 5.04 Å². The molecule has 1 saturated carbocycles. The summed E-state index contributed by atoms with van der Waals surface area (Å²) in [5, 5.41) is 17.5. The van der Waals surface area contributed by atoms with Gasteiger partial charge in [0.25, 0.3) is 5.91 Å². The van der Waals surface area contributed by atoms with Crippen LogP contribution in [0.25, 0.3) is 10.9 Å². The fraction of sp³-hybridized carbons (Fsp3) is 0.304. The second-order valence-electron chi connectivity index (χ2n) is 7.94. The minimum atomic E-state index is -4.21. The lowest BCUT2D eigenvalue weighted by atomic mass is 9.80. The molecule has 3 aromatic rings. The highest BCUT2D eigenvalue weighted by molar-refractivity contribution is 8.16. The number of rotatable bonds is 3. The number of hydrogen-bond donors (Lipinski definition) is 4. The van der Waals surface area contributed by atoms with Crippen molar-refractivity contribution in [1.82, 2.24) is 10.4 Å². The molecule has 5 rings (SSSR count). The monoisotopic (exact) mass is 476 g/mol. The van der Waals surface area contributed by atoms with E-state index in [2.05, 4.69) is 20.8 Å². The van der Waals surface area contributed by atoms with Crippen LogP contribution in [0.4, 0.5) is 18.9 Å². The summed E-state index contributed by atoms with van der Waals surface area (Å²) >= 11 is 1.37. The lowest BCUT2D eigenvalue weighted by Crippen LogP contribution is -2.19.